The first-order valence-corrected chi connectivity index (χ1v) is 7.87. The lowest BCUT2D eigenvalue weighted by Gasteiger charge is -2.10. The molecule has 0 aliphatic heterocycles. The Kier molecular flexibility index (Phi) is 4.15. The zero-order chi connectivity index (χ0) is 16.9. The predicted octanol–water partition coefficient (Wildman–Crippen LogP) is 2.14. The normalized spacial score (nSPS) is 10.7. The number of pyridine rings is 2. The van der Waals surface area contributed by atoms with E-state index in [9.17, 15) is 0 Å². The Hall–Kier alpha value is -3.55. The standard InChI is InChI=1S/C17H16N8/c1-3-7-18-13(5-1)10-20-15-9-16(25-17(24-15)22-12-23-25)21-11-14-6-2-4-8-19-14/h1-9,12,21H,10-11H2,(H,20,22,23,24). The molecule has 2 N–H and O–H groups in total. The van der Waals surface area contributed by atoms with Gasteiger partial charge in [-0.1, -0.05) is 12.1 Å². The molecule has 0 radical (unpaired) electrons. The van der Waals surface area contributed by atoms with E-state index in [2.05, 4.69) is 35.7 Å². The molecule has 0 aliphatic rings. The van der Waals surface area contributed by atoms with Crippen molar-refractivity contribution < 1.29 is 0 Å². The van der Waals surface area contributed by atoms with Crippen molar-refractivity contribution in [1.29, 1.82) is 0 Å². The molecular weight excluding hydrogens is 316 g/mol. The Balaban J connectivity index is 1.54. The highest BCUT2D eigenvalue weighted by Crippen LogP contribution is 2.16. The number of anilines is 2. The number of aromatic nitrogens is 6. The van der Waals surface area contributed by atoms with E-state index in [1.807, 2.05) is 42.5 Å². The van der Waals surface area contributed by atoms with Gasteiger partial charge in [0.25, 0.3) is 5.78 Å². The highest BCUT2D eigenvalue weighted by molar-refractivity contribution is 5.54. The minimum absolute atomic E-state index is 0.523. The van der Waals surface area contributed by atoms with Crippen LogP contribution in [-0.2, 0) is 13.1 Å². The maximum Gasteiger partial charge on any atom is 0.256 e. The second-order valence-electron chi connectivity index (χ2n) is 5.35. The van der Waals surface area contributed by atoms with Crippen LogP contribution in [0.5, 0.6) is 0 Å². The molecule has 0 amide bonds. The molecule has 0 aromatic carbocycles. The van der Waals surface area contributed by atoms with Gasteiger partial charge in [0.05, 0.1) is 24.5 Å². The van der Waals surface area contributed by atoms with Gasteiger partial charge in [0, 0.05) is 18.5 Å². The summed E-state index contributed by atoms with van der Waals surface area (Å²) in [6.45, 7) is 1.16. The summed E-state index contributed by atoms with van der Waals surface area (Å²) < 4.78 is 1.66. The summed E-state index contributed by atoms with van der Waals surface area (Å²) in [5.74, 6) is 2.01. The van der Waals surface area contributed by atoms with Gasteiger partial charge < -0.3 is 10.6 Å². The van der Waals surface area contributed by atoms with Crippen LogP contribution in [0.15, 0.2) is 61.2 Å². The van der Waals surface area contributed by atoms with E-state index in [-0.39, 0.29) is 0 Å². The molecule has 0 fully saturated rings. The fourth-order valence-electron chi connectivity index (χ4n) is 2.40. The fraction of sp³-hybridized carbons (Fsp3) is 0.118. The van der Waals surface area contributed by atoms with Crippen LogP contribution in [0.25, 0.3) is 5.78 Å². The lowest BCUT2D eigenvalue weighted by molar-refractivity contribution is 0.913. The summed E-state index contributed by atoms with van der Waals surface area (Å²) in [7, 11) is 0. The number of rotatable bonds is 6. The molecule has 4 heterocycles. The van der Waals surface area contributed by atoms with Gasteiger partial charge in [-0.3, -0.25) is 9.97 Å². The highest BCUT2D eigenvalue weighted by atomic mass is 15.4. The van der Waals surface area contributed by atoms with Crippen molar-refractivity contribution in [2.75, 3.05) is 10.6 Å². The SMILES string of the molecule is c1ccc(CNc2cc(NCc3ccccn3)n3ncnc3n2)nc1. The van der Waals surface area contributed by atoms with E-state index in [1.54, 1.807) is 16.9 Å². The molecule has 0 saturated carbocycles. The Bertz CT molecular complexity index is 952. The molecule has 8 heteroatoms. The summed E-state index contributed by atoms with van der Waals surface area (Å²) in [5, 5.41) is 10.8. The molecule has 4 aromatic heterocycles. The Labute approximate surface area is 144 Å². The Morgan fingerprint density at radius 3 is 2.24 bits per heavy atom. The first kappa shape index (κ1) is 15.0. The third-order valence-corrected chi connectivity index (χ3v) is 3.61. The molecule has 0 unspecified atom stereocenters. The van der Waals surface area contributed by atoms with Crippen molar-refractivity contribution in [1.82, 2.24) is 29.5 Å². The first-order chi connectivity index (χ1) is 12.4. The zero-order valence-corrected chi connectivity index (χ0v) is 13.4. The van der Waals surface area contributed by atoms with Crippen LogP contribution in [0.3, 0.4) is 0 Å². The smallest absolute Gasteiger partial charge is 0.256 e. The fourth-order valence-corrected chi connectivity index (χ4v) is 2.40. The second kappa shape index (κ2) is 6.91. The van der Waals surface area contributed by atoms with Crippen molar-refractivity contribution in [3.05, 3.63) is 72.6 Å². The molecule has 0 atom stereocenters. The predicted molar refractivity (Wildman–Crippen MR) is 93.9 cm³/mol. The number of fused-ring (bicyclic) bond motifs is 1. The second-order valence-corrected chi connectivity index (χ2v) is 5.35. The van der Waals surface area contributed by atoms with Crippen LogP contribution in [0.2, 0.25) is 0 Å². The summed E-state index contributed by atoms with van der Waals surface area (Å²) in [5.41, 5.74) is 1.88. The van der Waals surface area contributed by atoms with Gasteiger partial charge in [-0.2, -0.15) is 19.6 Å². The molecule has 4 aromatic rings. The van der Waals surface area contributed by atoms with Crippen molar-refractivity contribution in [3.63, 3.8) is 0 Å². The van der Waals surface area contributed by atoms with Crippen LogP contribution in [0, 0.1) is 0 Å². The van der Waals surface area contributed by atoms with Gasteiger partial charge in [0.1, 0.15) is 18.0 Å². The molecule has 8 nitrogen and oxygen atoms in total. The van der Waals surface area contributed by atoms with E-state index in [0.717, 1.165) is 17.2 Å². The molecule has 124 valence electrons. The molecule has 0 aliphatic carbocycles. The number of nitrogens with one attached hydrogen (secondary N) is 2. The van der Waals surface area contributed by atoms with Gasteiger partial charge in [-0.05, 0) is 24.3 Å². The van der Waals surface area contributed by atoms with Crippen molar-refractivity contribution in [3.8, 4) is 0 Å². The molecular formula is C17H16N8. The van der Waals surface area contributed by atoms with Crippen molar-refractivity contribution in [2.45, 2.75) is 13.1 Å². The number of nitrogens with zero attached hydrogens (tertiary/aromatic N) is 6. The van der Waals surface area contributed by atoms with E-state index in [4.69, 9.17) is 0 Å². The highest BCUT2D eigenvalue weighted by Gasteiger charge is 2.08. The van der Waals surface area contributed by atoms with Gasteiger partial charge >= 0.3 is 0 Å². The topological polar surface area (TPSA) is 92.9 Å². The van der Waals surface area contributed by atoms with Gasteiger partial charge in [-0.15, -0.1) is 0 Å². The Morgan fingerprint density at radius 2 is 1.56 bits per heavy atom. The first-order valence-electron chi connectivity index (χ1n) is 7.87. The van der Waals surface area contributed by atoms with Crippen LogP contribution in [0.1, 0.15) is 11.4 Å². The van der Waals surface area contributed by atoms with E-state index < -0.39 is 0 Å². The minimum Gasteiger partial charge on any atom is -0.364 e. The summed E-state index contributed by atoms with van der Waals surface area (Å²) in [6.07, 6.45) is 5.03. The van der Waals surface area contributed by atoms with Gasteiger partial charge in [0.15, 0.2) is 0 Å². The summed E-state index contributed by atoms with van der Waals surface area (Å²) >= 11 is 0. The quantitative estimate of drug-likeness (QED) is 0.559. The van der Waals surface area contributed by atoms with E-state index in [0.29, 0.717) is 24.7 Å². The third-order valence-electron chi connectivity index (χ3n) is 3.61. The van der Waals surface area contributed by atoms with E-state index in [1.165, 1.54) is 6.33 Å². The summed E-state index contributed by atoms with van der Waals surface area (Å²) in [4.78, 5) is 17.3. The number of hydrogen-bond donors (Lipinski definition) is 2. The monoisotopic (exact) mass is 332 g/mol. The molecule has 4 rings (SSSR count). The van der Waals surface area contributed by atoms with Crippen LogP contribution in [-0.4, -0.2) is 29.5 Å². The maximum absolute atomic E-state index is 4.46. The van der Waals surface area contributed by atoms with E-state index >= 15 is 0 Å². The molecule has 0 bridgehead atoms. The summed E-state index contributed by atoms with van der Waals surface area (Å²) in [6, 6.07) is 13.5. The van der Waals surface area contributed by atoms with Gasteiger partial charge in [-0.25, -0.2) is 0 Å². The largest absolute Gasteiger partial charge is 0.364 e. The molecule has 25 heavy (non-hydrogen) atoms. The average molecular weight is 332 g/mol. The van der Waals surface area contributed by atoms with Crippen molar-refractivity contribution in [2.24, 2.45) is 0 Å². The Morgan fingerprint density at radius 1 is 0.840 bits per heavy atom. The van der Waals surface area contributed by atoms with Crippen molar-refractivity contribution >= 4 is 17.4 Å². The lowest BCUT2D eigenvalue weighted by Crippen LogP contribution is -2.10. The zero-order valence-electron chi connectivity index (χ0n) is 13.4. The van der Waals surface area contributed by atoms with Crippen LogP contribution in [0.4, 0.5) is 11.6 Å². The minimum atomic E-state index is 0.523. The maximum atomic E-state index is 4.46. The van der Waals surface area contributed by atoms with Crippen LogP contribution < -0.4 is 10.6 Å². The van der Waals surface area contributed by atoms with Gasteiger partial charge in [0.2, 0.25) is 0 Å². The average Bonchev–Trinajstić information content (AvgIpc) is 3.15. The number of hydrogen-bond acceptors (Lipinski definition) is 7. The molecule has 0 saturated heterocycles. The third kappa shape index (κ3) is 3.52. The lowest BCUT2D eigenvalue weighted by atomic mass is 10.3. The molecule has 0 spiro atoms. The van der Waals surface area contributed by atoms with Crippen LogP contribution >= 0.6 is 0 Å².